The average Bonchev–Trinajstić information content (AvgIpc) is 3.29. The molecule has 0 spiro atoms. The number of aromatic amines is 2. The van der Waals surface area contributed by atoms with Crippen molar-refractivity contribution in [1.29, 1.82) is 0 Å². The number of likely N-dealkylation sites (N-methyl/N-ethyl adjacent to an activating group) is 1. The highest BCUT2D eigenvalue weighted by Crippen LogP contribution is 2.29. The van der Waals surface area contributed by atoms with Gasteiger partial charge >= 0.3 is 0 Å². The van der Waals surface area contributed by atoms with Gasteiger partial charge in [0, 0.05) is 19.8 Å². The van der Waals surface area contributed by atoms with E-state index < -0.39 is 11.6 Å². The maximum absolute atomic E-state index is 14.1. The summed E-state index contributed by atoms with van der Waals surface area (Å²) in [4.78, 5) is 42.6. The van der Waals surface area contributed by atoms with Crippen LogP contribution in [0.5, 0.6) is 0 Å². The molecule has 1 amide bonds. The van der Waals surface area contributed by atoms with Crippen molar-refractivity contribution in [3.8, 4) is 11.4 Å². The van der Waals surface area contributed by atoms with Crippen LogP contribution < -0.4 is 0 Å². The van der Waals surface area contributed by atoms with E-state index in [0.29, 0.717) is 0 Å². The number of carbonyl (C=O) groups is 3. The summed E-state index contributed by atoms with van der Waals surface area (Å²) >= 11 is 0. The highest BCUT2D eigenvalue weighted by atomic mass is 19.1. The molecule has 134 valence electrons. The maximum Gasteiger partial charge on any atom is 0.271 e. The Labute approximate surface area is 145 Å². The SMILES string of the molecule is CN(CCO)C(=O)c1cc(-c2ncc(F)c3c(C(=O)C=O)c[nH]c23)n[nH]1. The van der Waals surface area contributed by atoms with Crippen molar-refractivity contribution < 1.29 is 23.9 Å². The molecule has 0 atom stereocenters. The summed E-state index contributed by atoms with van der Waals surface area (Å²) in [6.07, 6.45) is 2.25. The molecule has 0 bridgehead atoms. The minimum absolute atomic E-state index is 0.0691. The van der Waals surface area contributed by atoms with Crippen LogP contribution in [0.3, 0.4) is 0 Å². The Morgan fingerprint density at radius 2 is 2.19 bits per heavy atom. The third-order valence-corrected chi connectivity index (χ3v) is 3.87. The summed E-state index contributed by atoms with van der Waals surface area (Å²) in [5, 5.41) is 15.4. The Kier molecular flexibility index (Phi) is 4.59. The molecule has 0 aliphatic rings. The number of aromatic nitrogens is 4. The lowest BCUT2D eigenvalue weighted by Crippen LogP contribution is -2.29. The van der Waals surface area contributed by atoms with Crippen LogP contribution in [0.2, 0.25) is 0 Å². The van der Waals surface area contributed by atoms with Crippen molar-refractivity contribution >= 4 is 28.9 Å². The van der Waals surface area contributed by atoms with E-state index in [9.17, 15) is 18.8 Å². The summed E-state index contributed by atoms with van der Waals surface area (Å²) in [7, 11) is 1.52. The third kappa shape index (κ3) is 2.86. The molecule has 3 rings (SSSR count). The molecule has 10 heteroatoms. The monoisotopic (exact) mass is 359 g/mol. The second-order valence-corrected chi connectivity index (χ2v) is 5.51. The van der Waals surface area contributed by atoms with Gasteiger partial charge in [-0.3, -0.25) is 19.5 Å². The number of aliphatic hydroxyl groups is 1. The third-order valence-electron chi connectivity index (χ3n) is 3.87. The van der Waals surface area contributed by atoms with Crippen molar-refractivity contribution in [1.82, 2.24) is 25.1 Å². The number of rotatable bonds is 6. The van der Waals surface area contributed by atoms with Gasteiger partial charge in [0.2, 0.25) is 5.78 Å². The van der Waals surface area contributed by atoms with Gasteiger partial charge in [0.15, 0.2) is 12.1 Å². The minimum atomic E-state index is -0.865. The van der Waals surface area contributed by atoms with E-state index in [4.69, 9.17) is 5.11 Å². The topological polar surface area (TPSA) is 132 Å². The van der Waals surface area contributed by atoms with Crippen LogP contribution in [0.4, 0.5) is 4.39 Å². The number of aldehydes is 1. The second kappa shape index (κ2) is 6.84. The molecule has 26 heavy (non-hydrogen) atoms. The van der Waals surface area contributed by atoms with Gasteiger partial charge in [0.1, 0.15) is 17.1 Å². The summed E-state index contributed by atoms with van der Waals surface area (Å²) in [6.45, 7) is -0.0284. The molecule has 3 N–H and O–H groups in total. The van der Waals surface area contributed by atoms with E-state index in [0.717, 1.165) is 6.20 Å². The van der Waals surface area contributed by atoms with Crippen LogP contribution in [0.1, 0.15) is 20.8 Å². The number of halogens is 1. The fourth-order valence-electron chi connectivity index (χ4n) is 2.57. The van der Waals surface area contributed by atoms with E-state index in [2.05, 4.69) is 20.2 Å². The van der Waals surface area contributed by atoms with E-state index in [-0.39, 0.29) is 58.9 Å². The maximum atomic E-state index is 14.1. The second-order valence-electron chi connectivity index (χ2n) is 5.51. The molecule has 0 fully saturated rings. The molecular formula is C16H14FN5O4. The lowest BCUT2D eigenvalue weighted by atomic mass is 10.1. The van der Waals surface area contributed by atoms with Crippen LogP contribution >= 0.6 is 0 Å². The van der Waals surface area contributed by atoms with E-state index >= 15 is 0 Å². The zero-order chi connectivity index (χ0) is 18.8. The van der Waals surface area contributed by atoms with E-state index in [1.807, 2.05) is 0 Å². The average molecular weight is 359 g/mol. The number of H-pyrrole nitrogens is 2. The first kappa shape index (κ1) is 17.4. The summed E-state index contributed by atoms with van der Waals surface area (Å²) in [5.74, 6) is -2.01. The van der Waals surface area contributed by atoms with Crippen LogP contribution in [0.15, 0.2) is 18.5 Å². The van der Waals surface area contributed by atoms with Crippen molar-refractivity contribution in [2.24, 2.45) is 0 Å². The number of hydrogen-bond acceptors (Lipinski definition) is 6. The highest BCUT2D eigenvalue weighted by Gasteiger charge is 2.21. The Morgan fingerprint density at radius 3 is 2.88 bits per heavy atom. The standard InChI is InChI=1S/C16H14FN5O4/c1-22(2-3-23)16(26)11-4-10(20-21-11)14-15-13(9(17)6-19-14)8(5-18-15)12(25)7-24/h4-7,18,23H,2-3H2,1H3,(H,20,21). The number of ketones is 1. The van der Waals surface area contributed by atoms with Gasteiger partial charge in [0.25, 0.3) is 5.91 Å². The van der Waals surface area contributed by atoms with Crippen LogP contribution in [-0.4, -0.2) is 68.3 Å². The van der Waals surface area contributed by atoms with E-state index in [1.165, 1.54) is 24.2 Å². The summed E-state index contributed by atoms with van der Waals surface area (Å²) in [6, 6.07) is 1.43. The van der Waals surface area contributed by atoms with Crippen molar-refractivity contribution in [2.45, 2.75) is 0 Å². The molecule has 0 aromatic carbocycles. The molecule has 0 unspecified atom stereocenters. The zero-order valence-electron chi connectivity index (χ0n) is 13.6. The van der Waals surface area contributed by atoms with Crippen LogP contribution in [-0.2, 0) is 4.79 Å². The molecule has 9 nitrogen and oxygen atoms in total. The predicted octanol–water partition coefficient (Wildman–Crippen LogP) is 0.538. The number of aliphatic hydroxyl groups excluding tert-OH is 1. The van der Waals surface area contributed by atoms with Crippen LogP contribution in [0.25, 0.3) is 22.3 Å². The van der Waals surface area contributed by atoms with Gasteiger partial charge in [-0.25, -0.2) is 9.37 Å². The van der Waals surface area contributed by atoms with Crippen LogP contribution in [0, 0.1) is 5.82 Å². The fourth-order valence-corrected chi connectivity index (χ4v) is 2.57. The van der Waals surface area contributed by atoms with Gasteiger partial charge in [0.05, 0.1) is 29.3 Å². The molecule has 3 aromatic rings. The Hall–Kier alpha value is -3.40. The first-order valence-corrected chi connectivity index (χ1v) is 7.55. The first-order valence-electron chi connectivity index (χ1n) is 7.55. The lowest BCUT2D eigenvalue weighted by Gasteiger charge is -2.13. The number of nitrogens with zero attached hydrogens (tertiary/aromatic N) is 3. The first-order chi connectivity index (χ1) is 12.5. The Balaban J connectivity index is 2.06. The smallest absolute Gasteiger partial charge is 0.271 e. The quantitative estimate of drug-likeness (QED) is 0.334. The number of fused-ring (bicyclic) bond motifs is 1. The molecule has 0 saturated carbocycles. The van der Waals surface area contributed by atoms with Gasteiger partial charge in [-0.1, -0.05) is 0 Å². The predicted molar refractivity (Wildman–Crippen MR) is 88.1 cm³/mol. The molecule has 0 aliphatic carbocycles. The molecule has 3 aromatic heterocycles. The number of nitrogens with one attached hydrogen (secondary N) is 2. The summed E-state index contributed by atoms with van der Waals surface area (Å²) in [5.41, 5.74) is 0.704. The number of pyridine rings is 1. The van der Waals surface area contributed by atoms with Crippen molar-refractivity contribution in [2.75, 3.05) is 20.2 Å². The molecule has 0 radical (unpaired) electrons. The molecule has 3 heterocycles. The number of hydrogen-bond donors (Lipinski definition) is 3. The summed E-state index contributed by atoms with van der Waals surface area (Å²) < 4.78 is 14.1. The van der Waals surface area contributed by atoms with Crippen molar-refractivity contribution in [3.05, 3.63) is 35.5 Å². The molecule has 0 aliphatic heterocycles. The molecular weight excluding hydrogens is 345 g/mol. The van der Waals surface area contributed by atoms with Gasteiger partial charge in [-0.05, 0) is 6.07 Å². The molecule has 0 saturated heterocycles. The number of amides is 1. The van der Waals surface area contributed by atoms with Gasteiger partial charge in [-0.2, -0.15) is 5.10 Å². The number of carbonyl (C=O) groups excluding carboxylic acids is 3. The normalized spacial score (nSPS) is 10.9. The lowest BCUT2D eigenvalue weighted by molar-refractivity contribution is -0.104. The van der Waals surface area contributed by atoms with Gasteiger partial charge in [-0.15, -0.1) is 0 Å². The Bertz CT molecular complexity index is 1010. The van der Waals surface area contributed by atoms with Crippen molar-refractivity contribution in [3.63, 3.8) is 0 Å². The number of Topliss-reactive ketones (excluding diaryl/α,β-unsaturated/α-hetero) is 1. The van der Waals surface area contributed by atoms with E-state index in [1.54, 1.807) is 0 Å². The zero-order valence-corrected chi connectivity index (χ0v) is 13.6. The van der Waals surface area contributed by atoms with Gasteiger partial charge < -0.3 is 15.0 Å². The largest absolute Gasteiger partial charge is 0.395 e. The Morgan fingerprint density at radius 1 is 1.42 bits per heavy atom. The minimum Gasteiger partial charge on any atom is -0.395 e. The highest BCUT2D eigenvalue weighted by molar-refractivity contribution is 6.36. The fraction of sp³-hybridized carbons (Fsp3) is 0.188.